The molecule has 0 aliphatic rings. The van der Waals surface area contributed by atoms with Crippen LogP contribution in [0.3, 0.4) is 0 Å². The number of allylic oxidation sites excluding steroid dienone is 1. The molecular formula is C25H21N3O3S2. The maximum Gasteiger partial charge on any atom is 0.263 e. The number of thioether (sulfide) groups is 1. The van der Waals surface area contributed by atoms with Crippen molar-refractivity contribution in [3.63, 3.8) is 0 Å². The van der Waals surface area contributed by atoms with Crippen LogP contribution >= 0.6 is 23.1 Å². The van der Waals surface area contributed by atoms with Crippen molar-refractivity contribution in [2.45, 2.75) is 18.6 Å². The molecule has 33 heavy (non-hydrogen) atoms. The van der Waals surface area contributed by atoms with Crippen molar-refractivity contribution < 1.29 is 9.59 Å². The molecule has 0 spiro atoms. The fourth-order valence-corrected chi connectivity index (χ4v) is 5.28. The summed E-state index contributed by atoms with van der Waals surface area (Å²) in [5.41, 5.74) is 2.84. The number of rotatable bonds is 8. The summed E-state index contributed by atoms with van der Waals surface area (Å²) in [6.07, 6.45) is 1.65. The molecule has 0 radical (unpaired) electrons. The number of Topliss-reactive ketones (excluding diaryl/α,β-unsaturated/α-hetero) is 1. The summed E-state index contributed by atoms with van der Waals surface area (Å²) in [6.45, 7) is 5.50. The fraction of sp³-hybridized carbons (Fsp3) is 0.120. The Hall–Kier alpha value is -3.49. The van der Waals surface area contributed by atoms with Crippen LogP contribution in [-0.2, 0) is 11.3 Å². The molecule has 0 saturated carbocycles. The van der Waals surface area contributed by atoms with Crippen molar-refractivity contribution in [3.05, 3.63) is 88.5 Å². The molecule has 0 fully saturated rings. The van der Waals surface area contributed by atoms with Gasteiger partial charge < -0.3 is 5.32 Å². The number of ketones is 1. The molecular weight excluding hydrogens is 454 g/mol. The van der Waals surface area contributed by atoms with Gasteiger partial charge in [-0.1, -0.05) is 48.2 Å². The lowest BCUT2D eigenvalue weighted by Gasteiger charge is -2.11. The standard InChI is InChI=1S/C25H21N3O3S2/c1-3-13-28-24(31)22-20(17-7-5-4-6-8-17)14-32-23(22)27-25(28)33-15-21(30)18-9-11-19(12-10-18)26-16(2)29/h3-12,14H,1,13,15H2,2H3,(H,26,29). The van der Waals surface area contributed by atoms with Crippen molar-refractivity contribution in [2.75, 3.05) is 11.1 Å². The first-order valence-electron chi connectivity index (χ1n) is 10.2. The van der Waals surface area contributed by atoms with Gasteiger partial charge in [-0.25, -0.2) is 4.98 Å². The second-order valence-corrected chi connectivity index (χ2v) is 9.07. The van der Waals surface area contributed by atoms with E-state index in [0.717, 1.165) is 11.1 Å². The minimum Gasteiger partial charge on any atom is -0.326 e. The van der Waals surface area contributed by atoms with E-state index in [1.165, 1.54) is 30.0 Å². The maximum atomic E-state index is 13.4. The third-order valence-electron chi connectivity index (χ3n) is 4.91. The van der Waals surface area contributed by atoms with Crippen molar-refractivity contribution in [1.29, 1.82) is 0 Å². The third-order valence-corrected chi connectivity index (χ3v) is 6.76. The first kappa shape index (κ1) is 22.7. The second kappa shape index (κ2) is 9.97. The van der Waals surface area contributed by atoms with Crippen LogP contribution in [0.4, 0.5) is 5.69 Å². The lowest BCUT2D eigenvalue weighted by Crippen LogP contribution is -2.23. The van der Waals surface area contributed by atoms with E-state index in [2.05, 4.69) is 11.9 Å². The molecule has 0 aliphatic carbocycles. The Labute approximate surface area is 199 Å². The average Bonchev–Trinajstić information content (AvgIpc) is 3.24. The number of amides is 1. The van der Waals surface area contributed by atoms with E-state index < -0.39 is 0 Å². The minimum atomic E-state index is -0.171. The lowest BCUT2D eigenvalue weighted by molar-refractivity contribution is -0.114. The van der Waals surface area contributed by atoms with Crippen LogP contribution in [0.25, 0.3) is 21.3 Å². The monoisotopic (exact) mass is 475 g/mol. The Morgan fingerprint density at radius 3 is 2.55 bits per heavy atom. The summed E-state index contributed by atoms with van der Waals surface area (Å²) in [5.74, 6) is -0.133. The van der Waals surface area contributed by atoms with Crippen molar-refractivity contribution in [2.24, 2.45) is 0 Å². The predicted octanol–water partition coefficient (Wildman–Crippen LogP) is 5.24. The van der Waals surface area contributed by atoms with E-state index >= 15 is 0 Å². The number of fused-ring (bicyclic) bond motifs is 1. The van der Waals surface area contributed by atoms with Gasteiger partial charge in [0, 0.05) is 35.7 Å². The molecule has 6 nitrogen and oxygen atoms in total. The highest BCUT2D eigenvalue weighted by molar-refractivity contribution is 7.99. The number of anilines is 1. The molecule has 0 unspecified atom stereocenters. The molecule has 2 aromatic carbocycles. The minimum absolute atomic E-state index is 0.0926. The van der Waals surface area contributed by atoms with Crippen LogP contribution < -0.4 is 10.9 Å². The van der Waals surface area contributed by atoms with Gasteiger partial charge in [-0.2, -0.15) is 0 Å². The Morgan fingerprint density at radius 1 is 1.15 bits per heavy atom. The first-order chi connectivity index (χ1) is 16.0. The number of aromatic nitrogens is 2. The van der Waals surface area contributed by atoms with Crippen LogP contribution in [-0.4, -0.2) is 27.0 Å². The highest BCUT2D eigenvalue weighted by Gasteiger charge is 2.18. The summed E-state index contributed by atoms with van der Waals surface area (Å²) in [4.78, 5) is 42.6. The molecule has 0 atom stereocenters. The number of carbonyl (C=O) groups excluding carboxylic acids is 2. The Balaban J connectivity index is 1.62. The zero-order valence-corrected chi connectivity index (χ0v) is 19.5. The van der Waals surface area contributed by atoms with E-state index in [1.54, 1.807) is 34.9 Å². The topological polar surface area (TPSA) is 81.1 Å². The van der Waals surface area contributed by atoms with Gasteiger partial charge >= 0.3 is 0 Å². The maximum absolute atomic E-state index is 13.4. The first-order valence-corrected chi connectivity index (χ1v) is 12.1. The molecule has 0 saturated heterocycles. The number of hydrogen-bond acceptors (Lipinski definition) is 6. The van der Waals surface area contributed by atoms with E-state index in [1.807, 2.05) is 35.7 Å². The van der Waals surface area contributed by atoms with Crippen molar-refractivity contribution in [3.8, 4) is 11.1 Å². The second-order valence-electron chi connectivity index (χ2n) is 7.26. The lowest BCUT2D eigenvalue weighted by atomic mass is 10.1. The van der Waals surface area contributed by atoms with E-state index in [9.17, 15) is 14.4 Å². The van der Waals surface area contributed by atoms with Crippen LogP contribution in [0.1, 0.15) is 17.3 Å². The molecule has 0 aliphatic heterocycles. The van der Waals surface area contributed by atoms with Gasteiger partial charge in [0.15, 0.2) is 10.9 Å². The Bertz CT molecular complexity index is 1390. The number of nitrogens with zero attached hydrogens (tertiary/aromatic N) is 2. The quantitative estimate of drug-likeness (QED) is 0.163. The Morgan fingerprint density at radius 2 is 1.88 bits per heavy atom. The molecule has 8 heteroatoms. The van der Waals surface area contributed by atoms with Gasteiger partial charge in [-0.05, 0) is 29.8 Å². The Kier molecular flexibility index (Phi) is 6.86. The van der Waals surface area contributed by atoms with Gasteiger partial charge in [-0.15, -0.1) is 17.9 Å². The van der Waals surface area contributed by atoms with Crippen molar-refractivity contribution in [1.82, 2.24) is 9.55 Å². The summed E-state index contributed by atoms with van der Waals surface area (Å²) in [6, 6.07) is 16.5. The van der Waals surface area contributed by atoms with E-state index in [-0.39, 0.29) is 23.0 Å². The van der Waals surface area contributed by atoms with Gasteiger partial charge in [0.25, 0.3) is 5.56 Å². The van der Waals surface area contributed by atoms with Crippen LogP contribution in [0.15, 0.2) is 82.6 Å². The summed E-state index contributed by atoms with van der Waals surface area (Å²) < 4.78 is 1.56. The predicted molar refractivity (Wildman–Crippen MR) is 135 cm³/mol. The third kappa shape index (κ3) is 4.97. The molecule has 0 bridgehead atoms. The molecule has 4 rings (SSSR count). The number of benzene rings is 2. The molecule has 1 amide bonds. The van der Waals surface area contributed by atoms with Crippen LogP contribution in [0.5, 0.6) is 0 Å². The number of thiophene rings is 1. The molecule has 2 heterocycles. The summed E-state index contributed by atoms with van der Waals surface area (Å²) >= 11 is 2.65. The molecule has 2 aromatic heterocycles. The molecule has 1 N–H and O–H groups in total. The summed E-state index contributed by atoms with van der Waals surface area (Å²) in [7, 11) is 0. The summed E-state index contributed by atoms with van der Waals surface area (Å²) in [5, 5.41) is 5.69. The molecule has 166 valence electrons. The number of nitrogens with one attached hydrogen (secondary N) is 1. The van der Waals surface area contributed by atoms with Crippen LogP contribution in [0, 0.1) is 0 Å². The van der Waals surface area contributed by atoms with Crippen LogP contribution in [0.2, 0.25) is 0 Å². The normalized spacial score (nSPS) is 10.8. The highest BCUT2D eigenvalue weighted by Crippen LogP contribution is 2.32. The van der Waals surface area contributed by atoms with Gasteiger partial charge in [0.05, 0.1) is 11.1 Å². The number of carbonyl (C=O) groups is 2. The van der Waals surface area contributed by atoms with Crippen molar-refractivity contribution >= 4 is 50.7 Å². The fourth-order valence-electron chi connectivity index (χ4n) is 3.39. The van der Waals surface area contributed by atoms with Gasteiger partial charge in [-0.3, -0.25) is 19.0 Å². The van der Waals surface area contributed by atoms with E-state index in [0.29, 0.717) is 33.2 Å². The zero-order valence-electron chi connectivity index (χ0n) is 17.9. The van der Waals surface area contributed by atoms with E-state index in [4.69, 9.17) is 4.98 Å². The van der Waals surface area contributed by atoms with Gasteiger partial charge in [0.1, 0.15) is 4.83 Å². The zero-order chi connectivity index (χ0) is 23.4. The number of hydrogen-bond donors (Lipinski definition) is 1. The smallest absolute Gasteiger partial charge is 0.263 e. The average molecular weight is 476 g/mol. The highest BCUT2D eigenvalue weighted by atomic mass is 32.2. The largest absolute Gasteiger partial charge is 0.326 e. The SMILES string of the molecule is C=CCn1c(SCC(=O)c2ccc(NC(C)=O)cc2)nc2scc(-c3ccccc3)c2c1=O. The van der Waals surface area contributed by atoms with Gasteiger partial charge in [0.2, 0.25) is 5.91 Å². The molecule has 4 aromatic rings.